The van der Waals surface area contributed by atoms with E-state index in [2.05, 4.69) is 17.4 Å². The van der Waals surface area contributed by atoms with Crippen molar-refractivity contribution in [2.75, 3.05) is 13.2 Å². The number of rotatable bonds is 6. The average molecular weight is 307 g/mol. The Kier molecular flexibility index (Phi) is 7.43. The largest absolute Gasteiger partial charge is 1.00 e. The van der Waals surface area contributed by atoms with E-state index in [0.717, 1.165) is 6.54 Å². The van der Waals surface area contributed by atoms with Crippen molar-refractivity contribution in [1.29, 1.82) is 0 Å². The number of aromatic nitrogens is 1. The van der Waals surface area contributed by atoms with Gasteiger partial charge in [-0.1, -0.05) is 30.3 Å². The second kappa shape index (κ2) is 9.10. The van der Waals surface area contributed by atoms with Crippen LogP contribution in [0.4, 0.5) is 0 Å². The van der Waals surface area contributed by atoms with Crippen molar-refractivity contribution in [2.24, 2.45) is 0 Å². The van der Waals surface area contributed by atoms with Crippen LogP contribution in [0.2, 0.25) is 0 Å². The maximum absolute atomic E-state index is 11.8. The van der Waals surface area contributed by atoms with Gasteiger partial charge in [0.25, 0.3) is 5.91 Å². The van der Waals surface area contributed by atoms with E-state index >= 15 is 0 Å². The number of halogens is 1. The Morgan fingerprint density at radius 3 is 2.38 bits per heavy atom. The van der Waals surface area contributed by atoms with Crippen molar-refractivity contribution in [1.82, 2.24) is 5.32 Å². The van der Waals surface area contributed by atoms with Crippen LogP contribution in [-0.2, 0) is 6.54 Å². The Hall–Kier alpha value is -1.91. The lowest BCUT2D eigenvalue weighted by Crippen LogP contribution is -3.00. The average Bonchev–Trinajstić information content (AvgIpc) is 2.49. The number of pyridine rings is 1. The fourth-order valence-corrected chi connectivity index (χ4v) is 1.89. The van der Waals surface area contributed by atoms with Crippen LogP contribution in [0.1, 0.15) is 22.3 Å². The molecule has 1 aromatic carbocycles. The second-order valence-electron chi connectivity index (χ2n) is 4.58. The van der Waals surface area contributed by atoms with Gasteiger partial charge in [-0.05, 0) is 6.42 Å². The van der Waals surface area contributed by atoms with Crippen molar-refractivity contribution < 1.29 is 26.9 Å². The molecule has 2 N–H and O–H groups in total. The van der Waals surface area contributed by atoms with Crippen molar-refractivity contribution in [3.05, 3.63) is 66.0 Å². The molecule has 2 rings (SSSR count). The maximum Gasteiger partial charge on any atom is 0.251 e. The molecule has 5 heteroatoms. The molecule has 1 aromatic heterocycles. The Balaban J connectivity index is 0.00000220. The summed E-state index contributed by atoms with van der Waals surface area (Å²) in [5, 5.41) is 11.4. The zero-order valence-corrected chi connectivity index (χ0v) is 12.5. The lowest BCUT2D eigenvalue weighted by molar-refractivity contribution is -0.688. The monoisotopic (exact) mass is 306 g/mol. The third-order valence-corrected chi connectivity index (χ3v) is 2.98. The van der Waals surface area contributed by atoms with E-state index < -0.39 is 0 Å². The Bertz CT molecular complexity index is 544. The normalized spacial score (nSPS) is 9.76. The lowest BCUT2D eigenvalue weighted by atomic mass is 10.2. The molecule has 21 heavy (non-hydrogen) atoms. The minimum absolute atomic E-state index is 0. The topological polar surface area (TPSA) is 53.2 Å². The predicted octanol–water partition coefficient (Wildman–Crippen LogP) is -1.86. The lowest BCUT2D eigenvalue weighted by Gasteiger charge is -2.03. The molecule has 0 saturated heterocycles. The minimum Gasteiger partial charge on any atom is -1.00 e. The number of nitrogens with zero attached hydrogens (tertiary/aromatic N) is 1. The maximum atomic E-state index is 11.8. The first kappa shape index (κ1) is 17.1. The van der Waals surface area contributed by atoms with Gasteiger partial charge >= 0.3 is 0 Å². The zero-order valence-electron chi connectivity index (χ0n) is 11.7. The minimum atomic E-state index is -0.106. The van der Waals surface area contributed by atoms with Gasteiger partial charge in [0, 0.05) is 30.8 Å². The summed E-state index contributed by atoms with van der Waals surface area (Å²) >= 11 is 0. The van der Waals surface area contributed by atoms with Gasteiger partial charge in [-0.3, -0.25) is 4.79 Å². The van der Waals surface area contributed by atoms with Gasteiger partial charge < -0.3 is 22.8 Å². The molecule has 0 aliphatic carbocycles. The third-order valence-electron chi connectivity index (χ3n) is 2.98. The van der Waals surface area contributed by atoms with E-state index in [1.807, 2.05) is 35.2 Å². The number of benzene rings is 1. The van der Waals surface area contributed by atoms with E-state index in [4.69, 9.17) is 5.11 Å². The number of hydrogen-bond acceptors (Lipinski definition) is 2. The van der Waals surface area contributed by atoms with Crippen LogP contribution in [0.25, 0.3) is 0 Å². The van der Waals surface area contributed by atoms with Gasteiger partial charge in [0.2, 0.25) is 0 Å². The molecule has 112 valence electrons. The smallest absolute Gasteiger partial charge is 0.251 e. The van der Waals surface area contributed by atoms with Crippen molar-refractivity contribution >= 4 is 5.91 Å². The number of nitrogens with one attached hydrogen (secondary N) is 1. The van der Waals surface area contributed by atoms with Crippen LogP contribution in [0, 0.1) is 0 Å². The first-order chi connectivity index (χ1) is 9.79. The van der Waals surface area contributed by atoms with Crippen LogP contribution < -0.4 is 22.3 Å². The summed E-state index contributed by atoms with van der Waals surface area (Å²) in [5.41, 5.74) is 1.85. The molecule has 1 amide bonds. The highest BCUT2D eigenvalue weighted by molar-refractivity contribution is 5.93. The third kappa shape index (κ3) is 5.53. The molecule has 0 atom stereocenters. The van der Waals surface area contributed by atoms with E-state index in [9.17, 15) is 4.79 Å². The molecule has 4 nitrogen and oxygen atoms in total. The van der Waals surface area contributed by atoms with Gasteiger partial charge in [-0.15, -0.1) is 0 Å². The van der Waals surface area contributed by atoms with Crippen molar-refractivity contribution in [2.45, 2.75) is 13.0 Å². The quantitative estimate of drug-likeness (QED) is 0.486. The number of carbonyl (C=O) groups is 1. The van der Waals surface area contributed by atoms with Crippen molar-refractivity contribution in [3.63, 3.8) is 0 Å². The van der Waals surface area contributed by atoms with Crippen LogP contribution >= 0.6 is 0 Å². The van der Waals surface area contributed by atoms with Crippen molar-refractivity contribution in [3.8, 4) is 0 Å². The summed E-state index contributed by atoms with van der Waals surface area (Å²) in [6, 6.07) is 13.8. The fraction of sp³-hybridized carbons (Fsp3) is 0.250. The first-order valence-electron chi connectivity index (χ1n) is 6.71. The second-order valence-corrected chi connectivity index (χ2v) is 4.58. The highest BCUT2D eigenvalue weighted by atomic mass is 35.5. The molecular weight excluding hydrogens is 288 g/mol. The van der Waals surface area contributed by atoms with Crippen LogP contribution in [0.5, 0.6) is 0 Å². The zero-order chi connectivity index (χ0) is 14.2. The molecule has 0 spiro atoms. The van der Waals surface area contributed by atoms with Crippen LogP contribution in [0.3, 0.4) is 0 Å². The number of aliphatic hydroxyl groups is 1. The number of hydrogen-bond donors (Lipinski definition) is 2. The standard InChI is InChI=1S/C16H18N2O2.ClH/c19-12-4-9-17-16(20)15-7-10-18(11-8-15)13-14-5-2-1-3-6-14;/h1-3,5-8,10-11,19H,4,9,12-13H2;1H. The van der Waals surface area contributed by atoms with E-state index in [1.54, 1.807) is 12.1 Å². The summed E-state index contributed by atoms with van der Waals surface area (Å²) in [6.07, 6.45) is 4.37. The molecule has 0 aliphatic rings. The van der Waals surface area contributed by atoms with Gasteiger partial charge in [-0.25, -0.2) is 4.57 Å². The summed E-state index contributed by atoms with van der Waals surface area (Å²) in [4.78, 5) is 11.8. The van der Waals surface area contributed by atoms with E-state index in [-0.39, 0.29) is 24.9 Å². The van der Waals surface area contributed by atoms with Gasteiger partial charge in [-0.2, -0.15) is 0 Å². The first-order valence-corrected chi connectivity index (χ1v) is 6.71. The molecule has 0 fully saturated rings. The summed E-state index contributed by atoms with van der Waals surface area (Å²) in [6.45, 7) is 1.37. The summed E-state index contributed by atoms with van der Waals surface area (Å²) in [5.74, 6) is -0.106. The summed E-state index contributed by atoms with van der Waals surface area (Å²) in [7, 11) is 0. The summed E-state index contributed by atoms with van der Waals surface area (Å²) < 4.78 is 2.03. The fourth-order valence-electron chi connectivity index (χ4n) is 1.89. The molecule has 1 heterocycles. The molecule has 0 unspecified atom stereocenters. The van der Waals surface area contributed by atoms with E-state index in [1.165, 1.54) is 5.56 Å². The molecule has 0 bridgehead atoms. The Morgan fingerprint density at radius 2 is 1.76 bits per heavy atom. The molecule has 0 saturated carbocycles. The van der Waals surface area contributed by atoms with Gasteiger partial charge in [0.05, 0.1) is 5.56 Å². The van der Waals surface area contributed by atoms with Gasteiger partial charge in [0.15, 0.2) is 18.9 Å². The van der Waals surface area contributed by atoms with Crippen LogP contribution in [-0.4, -0.2) is 24.2 Å². The molecule has 2 aromatic rings. The highest BCUT2D eigenvalue weighted by Crippen LogP contribution is 1.99. The Morgan fingerprint density at radius 1 is 1.10 bits per heavy atom. The van der Waals surface area contributed by atoms with Crippen LogP contribution in [0.15, 0.2) is 54.9 Å². The van der Waals surface area contributed by atoms with E-state index in [0.29, 0.717) is 18.5 Å². The van der Waals surface area contributed by atoms with Gasteiger partial charge in [0.1, 0.15) is 0 Å². The highest BCUT2D eigenvalue weighted by Gasteiger charge is 2.08. The predicted molar refractivity (Wildman–Crippen MR) is 76.2 cm³/mol. The SMILES string of the molecule is O=C(NCCCO)c1cc[n+](Cc2ccccc2)cc1.[Cl-]. The Labute approximate surface area is 130 Å². The molecule has 0 radical (unpaired) electrons. The number of carbonyl (C=O) groups excluding carboxylic acids is 1. The molecule has 0 aliphatic heterocycles. The number of amides is 1. The number of aliphatic hydroxyl groups excluding tert-OH is 1. The molecular formula is C16H19ClN2O2.